The molecule has 0 unspecified atom stereocenters. The van der Waals surface area contributed by atoms with E-state index in [9.17, 15) is 14.7 Å². The molecule has 0 bridgehead atoms. The number of hydrogen-bond acceptors (Lipinski definition) is 3. The van der Waals surface area contributed by atoms with Crippen LogP contribution in [0.1, 0.15) is 22.3 Å². The van der Waals surface area contributed by atoms with Crippen LogP contribution in [0.3, 0.4) is 0 Å². The first-order chi connectivity index (χ1) is 18.6. The number of nitrogens with one attached hydrogen (secondary N) is 3. The third kappa shape index (κ3) is 5.08. The number of carbonyl (C=O) groups is 2. The van der Waals surface area contributed by atoms with Gasteiger partial charge in [0.05, 0.1) is 11.6 Å². The van der Waals surface area contributed by atoms with E-state index in [1.807, 2.05) is 121 Å². The number of fused-ring (bicyclic) bond motifs is 1. The molecule has 0 aliphatic rings. The highest BCUT2D eigenvalue weighted by molar-refractivity contribution is 5.88. The highest BCUT2D eigenvalue weighted by atomic mass is 16.4. The SMILES string of the molecule is O=C(O)CNC(=O)[C@H](Cc1c[nH]c2ccccc12)NC(c1ccccc1)(c1ccccc1)c1ccccc1. The number of rotatable bonds is 10. The number of para-hydroxylation sites is 1. The Kier molecular flexibility index (Phi) is 7.33. The molecule has 0 aliphatic carbocycles. The third-order valence-electron chi connectivity index (χ3n) is 6.84. The van der Waals surface area contributed by atoms with Crippen LogP contribution in [0.25, 0.3) is 10.9 Å². The first-order valence-corrected chi connectivity index (χ1v) is 12.6. The standard InChI is InChI=1S/C32H29N3O3/c36-30(37)22-34-31(38)29(20-23-21-33-28-19-11-10-18-27(23)28)35-32(24-12-4-1-5-13-24,25-14-6-2-7-15-25)26-16-8-3-9-17-26/h1-19,21,29,33,35H,20,22H2,(H,34,38)(H,36,37)/t29-/m0/s1. The van der Waals surface area contributed by atoms with Crippen molar-refractivity contribution in [3.05, 3.63) is 144 Å². The summed E-state index contributed by atoms with van der Waals surface area (Å²) in [6, 6.07) is 37.3. The molecule has 1 aromatic heterocycles. The Bertz CT molecular complexity index is 1420. The molecule has 4 aromatic carbocycles. The highest BCUT2D eigenvalue weighted by Gasteiger charge is 2.40. The molecule has 5 aromatic rings. The Labute approximate surface area is 221 Å². The molecule has 6 heteroatoms. The molecule has 190 valence electrons. The second-order valence-electron chi connectivity index (χ2n) is 9.22. The molecule has 0 aliphatic heterocycles. The Balaban J connectivity index is 1.67. The molecule has 1 atom stereocenters. The van der Waals surface area contributed by atoms with Crippen LogP contribution >= 0.6 is 0 Å². The van der Waals surface area contributed by atoms with Crippen molar-refractivity contribution >= 4 is 22.8 Å². The van der Waals surface area contributed by atoms with Gasteiger partial charge in [-0.25, -0.2) is 0 Å². The van der Waals surface area contributed by atoms with Gasteiger partial charge in [-0.3, -0.25) is 14.9 Å². The lowest BCUT2D eigenvalue weighted by Gasteiger charge is -2.40. The zero-order valence-electron chi connectivity index (χ0n) is 20.8. The van der Waals surface area contributed by atoms with Crippen LogP contribution in [0.2, 0.25) is 0 Å². The minimum absolute atomic E-state index is 0.351. The number of aromatic amines is 1. The van der Waals surface area contributed by atoms with Gasteiger partial charge in [-0.05, 0) is 34.7 Å². The molecule has 0 saturated carbocycles. The summed E-state index contributed by atoms with van der Waals surface area (Å²) in [4.78, 5) is 28.2. The zero-order valence-corrected chi connectivity index (χ0v) is 20.8. The van der Waals surface area contributed by atoms with Crippen molar-refractivity contribution in [2.75, 3.05) is 6.54 Å². The van der Waals surface area contributed by atoms with E-state index in [0.29, 0.717) is 6.42 Å². The van der Waals surface area contributed by atoms with Gasteiger partial charge in [0.15, 0.2) is 0 Å². The first kappa shape index (κ1) is 25.0. The molecule has 6 nitrogen and oxygen atoms in total. The molecule has 0 spiro atoms. The van der Waals surface area contributed by atoms with Gasteiger partial charge in [0.2, 0.25) is 5.91 Å². The normalized spacial score (nSPS) is 12.2. The van der Waals surface area contributed by atoms with Crippen LogP contribution in [0.15, 0.2) is 121 Å². The van der Waals surface area contributed by atoms with Gasteiger partial charge >= 0.3 is 5.97 Å². The van der Waals surface area contributed by atoms with E-state index in [-0.39, 0.29) is 5.91 Å². The first-order valence-electron chi connectivity index (χ1n) is 12.6. The van der Waals surface area contributed by atoms with E-state index in [1.165, 1.54) is 0 Å². The van der Waals surface area contributed by atoms with E-state index in [4.69, 9.17) is 0 Å². The summed E-state index contributed by atoms with van der Waals surface area (Å²) in [5, 5.41) is 16.6. The maximum Gasteiger partial charge on any atom is 0.322 e. The van der Waals surface area contributed by atoms with E-state index >= 15 is 0 Å². The number of carboxylic acid groups (broad SMARTS) is 1. The smallest absolute Gasteiger partial charge is 0.322 e. The van der Waals surface area contributed by atoms with Crippen molar-refractivity contribution in [3.63, 3.8) is 0 Å². The molecule has 4 N–H and O–H groups in total. The van der Waals surface area contributed by atoms with Crippen molar-refractivity contribution in [2.24, 2.45) is 0 Å². The topological polar surface area (TPSA) is 94.2 Å². The zero-order chi connectivity index (χ0) is 26.4. The third-order valence-corrected chi connectivity index (χ3v) is 6.84. The largest absolute Gasteiger partial charge is 0.480 e. The number of aromatic nitrogens is 1. The van der Waals surface area contributed by atoms with Crippen LogP contribution in [0.4, 0.5) is 0 Å². The minimum Gasteiger partial charge on any atom is -0.480 e. The lowest BCUT2D eigenvalue weighted by Crippen LogP contribution is -2.56. The Morgan fingerprint density at radius 2 is 1.24 bits per heavy atom. The Hall–Kier alpha value is -4.68. The second kappa shape index (κ2) is 11.2. The average molecular weight is 504 g/mol. The summed E-state index contributed by atoms with van der Waals surface area (Å²) in [5.74, 6) is -1.48. The number of carboxylic acids is 1. The lowest BCUT2D eigenvalue weighted by atomic mass is 9.76. The molecule has 1 amide bonds. The van der Waals surface area contributed by atoms with Gasteiger partial charge in [0, 0.05) is 17.1 Å². The fraction of sp³-hybridized carbons (Fsp3) is 0.125. The molecule has 38 heavy (non-hydrogen) atoms. The van der Waals surface area contributed by atoms with Crippen molar-refractivity contribution in [1.29, 1.82) is 0 Å². The predicted molar refractivity (Wildman–Crippen MR) is 149 cm³/mol. The van der Waals surface area contributed by atoms with E-state index < -0.39 is 24.1 Å². The number of H-pyrrole nitrogens is 1. The van der Waals surface area contributed by atoms with Crippen molar-refractivity contribution < 1.29 is 14.7 Å². The summed E-state index contributed by atoms with van der Waals surface area (Å²) >= 11 is 0. The average Bonchev–Trinajstić information content (AvgIpc) is 3.38. The second-order valence-corrected chi connectivity index (χ2v) is 9.22. The van der Waals surface area contributed by atoms with Crippen molar-refractivity contribution in [1.82, 2.24) is 15.6 Å². The molecular weight excluding hydrogens is 474 g/mol. The van der Waals surface area contributed by atoms with E-state index in [2.05, 4.69) is 15.6 Å². The van der Waals surface area contributed by atoms with Gasteiger partial charge in [-0.15, -0.1) is 0 Å². The number of amides is 1. The van der Waals surface area contributed by atoms with Crippen molar-refractivity contribution in [3.8, 4) is 0 Å². The van der Waals surface area contributed by atoms with Gasteiger partial charge in [-0.1, -0.05) is 109 Å². The van der Waals surface area contributed by atoms with E-state index in [1.54, 1.807) is 0 Å². The molecule has 0 radical (unpaired) electrons. The minimum atomic E-state index is -1.09. The highest BCUT2D eigenvalue weighted by Crippen LogP contribution is 2.37. The van der Waals surface area contributed by atoms with Crippen LogP contribution in [0.5, 0.6) is 0 Å². The molecule has 0 fully saturated rings. The summed E-state index contributed by atoms with van der Waals surface area (Å²) in [5.41, 5.74) is 3.95. The van der Waals surface area contributed by atoms with Gasteiger partial charge in [0.25, 0.3) is 0 Å². The number of aliphatic carboxylic acids is 1. The summed E-state index contributed by atoms with van der Waals surface area (Å²) in [7, 11) is 0. The molecule has 1 heterocycles. The quantitative estimate of drug-likeness (QED) is 0.205. The molecule has 0 saturated heterocycles. The molecule has 5 rings (SSSR count). The lowest BCUT2D eigenvalue weighted by molar-refractivity contribution is -0.138. The number of hydrogen-bond donors (Lipinski definition) is 4. The Morgan fingerprint density at radius 1 is 0.737 bits per heavy atom. The fourth-order valence-electron chi connectivity index (χ4n) is 5.09. The number of benzene rings is 4. The van der Waals surface area contributed by atoms with Crippen molar-refractivity contribution in [2.45, 2.75) is 18.0 Å². The maximum absolute atomic E-state index is 13.6. The van der Waals surface area contributed by atoms with Gasteiger partial charge < -0.3 is 15.4 Å². The van der Waals surface area contributed by atoms with Crippen LogP contribution in [0, 0.1) is 0 Å². The van der Waals surface area contributed by atoms with Crippen LogP contribution < -0.4 is 10.6 Å². The van der Waals surface area contributed by atoms with Crippen LogP contribution in [-0.2, 0) is 21.5 Å². The Morgan fingerprint density at radius 3 is 1.76 bits per heavy atom. The van der Waals surface area contributed by atoms with Gasteiger partial charge in [0.1, 0.15) is 6.54 Å². The predicted octanol–water partition coefficient (Wildman–Crippen LogP) is 4.86. The monoisotopic (exact) mass is 503 g/mol. The fourth-order valence-corrected chi connectivity index (χ4v) is 5.09. The summed E-state index contributed by atoms with van der Waals surface area (Å²) < 4.78 is 0. The maximum atomic E-state index is 13.6. The van der Waals surface area contributed by atoms with Gasteiger partial charge in [-0.2, -0.15) is 0 Å². The summed E-state index contributed by atoms with van der Waals surface area (Å²) in [6.45, 7) is -0.458. The summed E-state index contributed by atoms with van der Waals surface area (Å²) in [6.07, 6.45) is 2.27. The molecular formula is C32H29N3O3. The van der Waals surface area contributed by atoms with Crippen LogP contribution in [-0.4, -0.2) is 34.6 Å². The number of carbonyl (C=O) groups excluding carboxylic acids is 1. The van der Waals surface area contributed by atoms with E-state index in [0.717, 1.165) is 33.2 Å².